The van der Waals surface area contributed by atoms with Gasteiger partial charge >= 0.3 is 0 Å². The topological polar surface area (TPSA) is 0 Å². The standard InChI is InChI=1S/C34H25Br/c35-31-19-16-26(17-20-31)25-10-12-28(13-11-25)34(22-24-6-2-1-3-7-24)30-18-21-33-29(23-30)15-14-27-8-4-5-9-32(27)33/h1-21,23,34H,22H2. The quantitative estimate of drug-likeness (QED) is 0.201. The fourth-order valence-electron chi connectivity index (χ4n) is 5.08. The lowest BCUT2D eigenvalue weighted by Gasteiger charge is -2.20. The summed E-state index contributed by atoms with van der Waals surface area (Å²) >= 11 is 3.54. The summed E-state index contributed by atoms with van der Waals surface area (Å²) in [7, 11) is 0. The molecule has 0 heterocycles. The van der Waals surface area contributed by atoms with E-state index in [9.17, 15) is 0 Å². The van der Waals surface area contributed by atoms with Crippen molar-refractivity contribution in [3.8, 4) is 11.1 Å². The minimum absolute atomic E-state index is 0.284. The van der Waals surface area contributed by atoms with Crippen molar-refractivity contribution in [2.45, 2.75) is 12.3 Å². The summed E-state index contributed by atoms with van der Waals surface area (Å²) in [5, 5.41) is 5.22. The molecule has 0 bridgehead atoms. The van der Waals surface area contributed by atoms with Gasteiger partial charge in [0.25, 0.3) is 0 Å². The van der Waals surface area contributed by atoms with E-state index >= 15 is 0 Å². The van der Waals surface area contributed by atoms with Crippen molar-refractivity contribution < 1.29 is 0 Å². The first kappa shape index (κ1) is 21.8. The minimum atomic E-state index is 0.284. The third-order valence-corrected chi connectivity index (χ3v) is 7.47. The van der Waals surface area contributed by atoms with Gasteiger partial charge in [-0.25, -0.2) is 0 Å². The molecule has 0 N–H and O–H groups in total. The Hall–Kier alpha value is -3.68. The number of hydrogen-bond acceptors (Lipinski definition) is 0. The summed E-state index contributed by atoms with van der Waals surface area (Å²) < 4.78 is 1.10. The monoisotopic (exact) mass is 512 g/mol. The Morgan fingerprint density at radius 3 is 1.86 bits per heavy atom. The van der Waals surface area contributed by atoms with Crippen molar-refractivity contribution in [1.82, 2.24) is 0 Å². The van der Waals surface area contributed by atoms with Crippen LogP contribution in [-0.4, -0.2) is 0 Å². The zero-order valence-electron chi connectivity index (χ0n) is 19.4. The Kier molecular flexibility index (Phi) is 5.94. The van der Waals surface area contributed by atoms with E-state index < -0.39 is 0 Å². The van der Waals surface area contributed by atoms with Gasteiger partial charge in [-0.05, 0) is 67.9 Å². The number of fused-ring (bicyclic) bond motifs is 3. The van der Waals surface area contributed by atoms with Crippen LogP contribution in [0.15, 0.2) is 138 Å². The van der Waals surface area contributed by atoms with Crippen LogP contribution in [0.25, 0.3) is 32.7 Å². The van der Waals surface area contributed by atoms with Gasteiger partial charge in [0.2, 0.25) is 0 Å². The molecule has 1 heteroatoms. The molecule has 0 aliphatic carbocycles. The predicted octanol–water partition coefficient (Wildman–Crippen LogP) is 9.80. The second kappa shape index (κ2) is 9.52. The average molecular weight is 513 g/mol. The molecule has 0 aliphatic heterocycles. The first-order valence-electron chi connectivity index (χ1n) is 12.1. The molecule has 168 valence electrons. The highest BCUT2D eigenvalue weighted by molar-refractivity contribution is 9.10. The van der Waals surface area contributed by atoms with Gasteiger partial charge in [-0.15, -0.1) is 0 Å². The molecule has 0 saturated carbocycles. The van der Waals surface area contributed by atoms with E-state index in [2.05, 4.69) is 149 Å². The molecule has 0 nitrogen and oxygen atoms in total. The number of rotatable bonds is 5. The average Bonchev–Trinajstić information content (AvgIpc) is 2.92. The largest absolute Gasteiger partial charge is 0.0622 e. The Balaban J connectivity index is 1.42. The first-order chi connectivity index (χ1) is 17.2. The molecule has 0 aromatic heterocycles. The Morgan fingerprint density at radius 1 is 0.486 bits per heavy atom. The van der Waals surface area contributed by atoms with Gasteiger partial charge in [0.1, 0.15) is 0 Å². The second-order valence-electron chi connectivity index (χ2n) is 9.14. The second-order valence-corrected chi connectivity index (χ2v) is 10.1. The fourth-order valence-corrected chi connectivity index (χ4v) is 5.34. The van der Waals surface area contributed by atoms with Crippen molar-refractivity contribution in [2.75, 3.05) is 0 Å². The zero-order valence-corrected chi connectivity index (χ0v) is 21.0. The molecule has 0 amide bonds. The van der Waals surface area contributed by atoms with Crippen LogP contribution in [0.5, 0.6) is 0 Å². The van der Waals surface area contributed by atoms with Gasteiger partial charge in [0.15, 0.2) is 0 Å². The lowest BCUT2D eigenvalue weighted by molar-refractivity contribution is 0.806. The third kappa shape index (κ3) is 4.52. The van der Waals surface area contributed by atoms with Gasteiger partial charge in [0.05, 0.1) is 0 Å². The molecule has 0 radical (unpaired) electrons. The van der Waals surface area contributed by atoms with E-state index in [1.807, 2.05) is 0 Å². The van der Waals surface area contributed by atoms with Crippen LogP contribution in [0.2, 0.25) is 0 Å². The first-order valence-corrected chi connectivity index (χ1v) is 12.9. The summed E-state index contributed by atoms with van der Waals surface area (Å²) in [5.74, 6) is 0.284. The number of halogens is 1. The van der Waals surface area contributed by atoms with Crippen LogP contribution in [0.1, 0.15) is 22.6 Å². The van der Waals surface area contributed by atoms with Gasteiger partial charge < -0.3 is 0 Å². The van der Waals surface area contributed by atoms with Gasteiger partial charge in [-0.2, -0.15) is 0 Å². The van der Waals surface area contributed by atoms with Crippen LogP contribution in [0.4, 0.5) is 0 Å². The maximum atomic E-state index is 3.54. The third-order valence-electron chi connectivity index (χ3n) is 6.94. The lowest BCUT2D eigenvalue weighted by atomic mass is 9.84. The number of hydrogen-bond donors (Lipinski definition) is 0. The van der Waals surface area contributed by atoms with E-state index in [0.29, 0.717) is 0 Å². The smallest absolute Gasteiger partial charge is 0.0175 e. The van der Waals surface area contributed by atoms with E-state index in [1.54, 1.807) is 0 Å². The van der Waals surface area contributed by atoms with Crippen LogP contribution in [0, 0.1) is 0 Å². The van der Waals surface area contributed by atoms with Crippen molar-refractivity contribution in [1.29, 1.82) is 0 Å². The predicted molar refractivity (Wildman–Crippen MR) is 153 cm³/mol. The summed E-state index contributed by atoms with van der Waals surface area (Å²) in [6.45, 7) is 0. The van der Waals surface area contributed by atoms with Crippen LogP contribution in [0.3, 0.4) is 0 Å². The SMILES string of the molecule is Brc1ccc(-c2ccc(C(Cc3ccccc3)c3ccc4c(ccc5ccccc54)c3)cc2)cc1. The van der Waals surface area contributed by atoms with Gasteiger partial charge in [-0.3, -0.25) is 0 Å². The molecule has 6 rings (SSSR count). The highest BCUT2D eigenvalue weighted by Gasteiger charge is 2.16. The van der Waals surface area contributed by atoms with E-state index in [0.717, 1.165) is 10.9 Å². The van der Waals surface area contributed by atoms with E-state index in [-0.39, 0.29) is 5.92 Å². The molecular weight excluding hydrogens is 488 g/mol. The Labute approximate surface area is 215 Å². The fraction of sp³-hybridized carbons (Fsp3) is 0.0588. The van der Waals surface area contributed by atoms with Crippen molar-refractivity contribution in [3.05, 3.63) is 155 Å². The molecule has 6 aromatic carbocycles. The van der Waals surface area contributed by atoms with Crippen LogP contribution in [-0.2, 0) is 6.42 Å². The molecule has 0 aliphatic rings. The molecule has 0 spiro atoms. The number of benzene rings is 6. The molecule has 35 heavy (non-hydrogen) atoms. The summed E-state index contributed by atoms with van der Waals surface area (Å²) in [4.78, 5) is 0. The molecule has 1 atom stereocenters. The normalized spacial score (nSPS) is 12.1. The molecular formula is C34H25Br. The highest BCUT2D eigenvalue weighted by Crippen LogP contribution is 2.34. The van der Waals surface area contributed by atoms with E-state index in [4.69, 9.17) is 0 Å². The zero-order chi connectivity index (χ0) is 23.6. The summed E-state index contributed by atoms with van der Waals surface area (Å²) in [6, 6.07) is 48.6. The van der Waals surface area contributed by atoms with Crippen molar-refractivity contribution in [3.63, 3.8) is 0 Å². The maximum absolute atomic E-state index is 3.54. The maximum Gasteiger partial charge on any atom is 0.0175 e. The molecule has 1 unspecified atom stereocenters. The summed E-state index contributed by atoms with van der Waals surface area (Å²) in [5.41, 5.74) is 6.53. The summed E-state index contributed by atoms with van der Waals surface area (Å²) in [6.07, 6.45) is 0.970. The molecule has 0 fully saturated rings. The lowest BCUT2D eigenvalue weighted by Crippen LogP contribution is -2.05. The van der Waals surface area contributed by atoms with Crippen molar-refractivity contribution >= 4 is 37.5 Å². The minimum Gasteiger partial charge on any atom is -0.0622 e. The highest BCUT2D eigenvalue weighted by atomic mass is 79.9. The Bertz CT molecular complexity index is 1600. The van der Waals surface area contributed by atoms with Gasteiger partial charge in [-0.1, -0.05) is 137 Å². The molecule has 0 saturated heterocycles. The molecule has 6 aromatic rings. The van der Waals surface area contributed by atoms with Crippen molar-refractivity contribution in [2.24, 2.45) is 0 Å². The Morgan fingerprint density at radius 2 is 1.09 bits per heavy atom. The van der Waals surface area contributed by atoms with Gasteiger partial charge in [0, 0.05) is 10.4 Å². The van der Waals surface area contributed by atoms with E-state index in [1.165, 1.54) is 49.4 Å². The van der Waals surface area contributed by atoms with Crippen LogP contribution < -0.4 is 0 Å². The van der Waals surface area contributed by atoms with Crippen LogP contribution >= 0.6 is 15.9 Å².